The highest BCUT2D eigenvalue weighted by atomic mass is 32.2. The van der Waals surface area contributed by atoms with Crippen molar-refractivity contribution in [1.29, 1.82) is 0 Å². The van der Waals surface area contributed by atoms with Crippen molar-refractivity contribution in [2.24, 2.45) is 5.10 Å². The van der Waals surface area contributed by atoms with E-state index in [1.165, 1.54) is 12.3 Å². The molecule has 110 valence electrons. The predicted molar refractivity (Wildman–Crippen MR) is 75.7 cm³/mol. The van der Waals surface area contributed by atoms with Gasteiger partial charge in [-0.2, -0.15) is 9.52 Å². The van der Waals surface area contributed by atoms with E-state index in [-0.39, 0.29) is 6.42 Å². The lowest BCUT2D eigenvalue weighted by molar-refractivity contribution is 0.365. The molecule has 1 aliphatic rings. The molecule has 1 aromatic heterocycles. The Kier molecular flexibility index (Phi) is 3.29. The van der Waals surface area contributed by atoms with Crippen molar-refractivity contribution in [3.05, 3.63) is 59.8 Å². The first-order chi connectivity index (χ1) is 9.97. The fraction of sp³-hybridized carbons (Fsp3) is 0.214. The second-order valence-electron chi connectivity index (χ2n) is 4.80. The standard InChI is InChI=1S/C14H13FN2O3S/c1-21(18,19)17-13(10-5-2-3-6-11(10)15)9-12(16-17)14-7-4-8-20-14/h2-8,13H,9H2,1H3. The Morgan fingerprint density at radius 1 is 1.29 bits per heavy atom. The van der Waals surface area contributed by atoms with E-state index in [0.29, 0.717) is 17.0 Å². The summed E-state index contributed by atoms with van der Waals surface area (Å²) in [6, 6.07) is 8.80. The Bertz CT molecular complexity index is 784. The molecule has 7 heteroatoms. The van der Waals surface area contributed by atoms with Gasteiger partial charge in [-0.15, -0.1) is 0 Å². The molecule has 1 aliphatic heterocycles. The molecule has 3 rings (SSSR count). The summed E-state index contributed by atoms with van der Waals surface area (Å²) < 4.78 is 44.0. The Morgan fingerprint density at radius 3 is 2.67 bits per heavy atom. The third-order valence-corrected chi connectivity index (χ3v) is 4.30. The highest BCUT2D eigenvalue weighted by Gasteiger charge is 2.36. The molecule has 0 radical (unpaired) electrons. The summed E-state index contributed by atoms with van der Waals surface area (Å²) in [5, 5.41) is 4.10. The van der Waals surface area contributed by atoms with Gasteiger partial charge in [0.25, 0.3) is 0 Å². The monoisotopic (exact) mass is 308 g/mol. The zero-order valence-corrected chi connectivity index (χ0v) is 12.0. The molecule has 0 aliphatic carbocycles. The van der Waals surface area contributed by atoms with E-state index < -0.39 is 21.9 Å². The topological polar surface area (TPSA) is 62.9 Å². The van der Waals surface area contributed by atoms with Crippen molar-refractivity contribution >= 4 is 15.7 Å². The molecule has 21 heavy (non-hydrogen) atoms. The van der Waals surface area contributed by atoms with Crippen LogP contribution in [0.4, 0.5) is 4.39 Å². The van der Waals surface area contributed by atoms with Gasteiger partial charge in [0.05, 0.1) is 18.6 Å². The zero-order chi connectivity index (χ0) is 15.0. The van der Waals surface area contributed by atoms with E-state index in [2.05, 4.69) is 5.10 Å². The van der Waals surface area contributed by atoms with E-state index in [1.54, 1.807) is 30.3 Å². The van der Waals surface area contributed by atoms with Gasteiger partial charge in [-0.3, -0.25) is 0 Å². The summed E-state index contributed by atoms with van der Waals surface area (Å²) in [6.07, 6.45) is 2.80. The molecule has 0 amide bonds. The lowest BCUT2D eigenvalue weighted by Crippen LogP contribution is -2.26. The zero-order valence-electron chi connectivity index (χ0n) is 11.2. The molecule has 0 saturated heterocycles. The van der Waals surface area contributed by atoms with Crippen molar-refractivity contribution in [3.8, 4) is 0 Å². The maximum absolute atomic E-state index is 14.0. The number of halogens is 1. The third-order valence-electron chi connectivity index (χ3n) is 3.28. The Hall–Kier alpha value is -2.15. The molecule has 0 spiro atoms. The summed E-state index contributed by atoms with van der Waals surface area (Å²) in [4.78, 5) is 0. The van der Waals surface area contributed by atoms with Crippen LogP contribution in [0.1, 0.15) is 23.8 Å². The van der Waals surface area contributed by atoms with Crippen molar-refractivity contribution in [1.82, 2.24) is 4.41 Å². The maximum Gasteiger partial charge on any atom is 0.247 e. The van der Waals surface area contributed by atoms with Crippen LogP contribution in [0.3, 0.4) is 0 Å². The summed E-state index contributed by atoms with van der Waals surface area (Å²) in [7, 11) is -3.60. The van der Waals surface area contributed by atoms with Gasteiger partial charge >= 0.3 is 0 Å². The Balaban J connectivity index is 2.04. The molecule has 0 fully saturated rings. The number of nitrogens with zero attached hydrogens (tertiary/aromatic N) is 2. The van der Waals surface area contributed by atoms with Crippen LogP contribution in [-0.4, -0.2) is 24.8 Å². The fourth-order valence-corrected chi connectivity index (χ4v) is 3.26. The van der Waals surface area contributed by atoms with Gasteiger partial charge in [-0.05, 0) is 18.2 Å². The number of hydrogen-bond donors (Lipinski definition) is 0. The highest BCUT2D eigenvalue weighted by molar-refractivity contribution is 7.88. The number of hydrazone groups is 1. The van der Waals surface area contributed by atoms with Gasteiger partial charge < -0.3 is 4.42 Å². The maximum atomic E-state index is 14.0. The first-order valence-corrected chi connectivity index (χ1v) is 8.17. The molecule has 0 saturated carbocycles. The number of furan rings is 1. The van der Waals surface area contributed by atoms with Crippen molar-refractivity contribution < 1.29 is 17.2 Å². The van der Waals surface area contributed by atoms with Crippen LogP contribution in [-0.2, 0) is 10.0 Å². The minimum absolute atomic E-state index is 0.265. The number of sulfonamides is 1. The van der Waals surface area contributed by atoms with E-state index in [1.807, 2.05) is 0 Å². The summed E-state index contributed by atoms with van der Waals surface area (Å²) in [5.74, 6) is 0.0366. The van der Waals surface area contributed by atoms with E-state index in [0.717, 1.165) is 10.7 Å². The fourth-order valence-electron chi connectivity index (χ4n) is 2.36. The smallest absolute Gasteiger partial charge is 0.247 e. The second-order valence-corrected chi connectivity index (χ2v) is 6.64. The van der Waals surface area contributed by atoms with Gasteiger partial charge in [0.15, 0.2) is 0 Å². The molecule has 1 unspecified atom stereocenters. The normalized spacial score (nSPS) is 18.9. The molecular formula is C14H13FN2O3S. The van der Waals surface area contributed by atoms with Gasteiger partial charge in [0, 0.05) is 12.0 Å². The molecule has 5 nitrogen and oxygen atoms in total. The Morgan fingerprint density at radius 2 is 2.05 bits per heavy atom. The quantitative estimate of drug-likeness (QED) is 0.875. The first kappa shape index (κ1) is 13.8. The van der Waals surface area contributed by atoms with Gasteiger partial charge in [0.2, 0.25) is 10.0 Å². The molecule has 0 N–H and O–H groups in total. The van der Waals surface area contributed by atoms with Crippen LogP contribution in [0.5, 0.6) is 0 Å². The van der Waals surface area contributed by atoms with Crippen molar-refractivity contribution in [2.75, 3.05) is 6.26 Å². The lowest BCUT2D eigenvalue weighted by Gasteiger charge is -2.21. The van der Waals surface area contributed by atoms with Crippen molar-refractivity contribution in [3.63, 3.8) is 0 Å². The van der Waals surface area contributed by atoms with Crippen LogP contribution in [0, 0.1) is 5.82 Å². The second kappa shape index (κ2) is 5.00. The van der Waals surface area contributed by atoms with Crippen LogP contribution in [0.15, 0.2) is 52.2 Å². The predicted octanol–water partition coefficient (Wildman–Crippen LogP) is 2.53. The van der Waals surface area contributed by atoms with Gasteiger partial charge in [0.1, 0.15) is 17.3 Å². The Labute approximate surface area is 121 Å². The lowest BCUT2D eigenvalue weighted by atomic mass is 10.0. The summed E-state index contributed by atoms with van der Waals surface area (Å²) >= 11 is 0. The molecule has 2 aromatic rings. The average Bonchev–Trinajstić information content (AvgIpc) is 3.07. The van der Waals surface area contributed by atoms with Crippen LogP contribution >= 0.6 is 0 Å². The van der Waals surface area contributed by atoms with E-state index in [4.69, 9.17) is 4.42 Å². The minimum Gasteiger partial charge on any atom is -0.463 e. The largest absolute Gasteiger partial charge is 0.463 e. The number of hydrogen-bond acceptors (Lipinski definition) is 4. The highest BCUT2D eigenvalue weighted by Crippen LogP contribution is 2.35. The van der Waals surface area contributed by atoms with E-state index in [9.17, 15) is 12.8 Å². The van der Waals surface area contributed by atoms with E-state index >= 15 is 0 Å². The first-order valence-electron chi connectivity index (χ1n) is 6.32. The molecule has 1 aromatic carbocycles. The van der Waals surface area contributed by atoms with Crippen molar-refractivity contribution in [2.45, 2.75) is 12.5 Å². The summed E-state index contributed by atoms with van der Waals surface area (Å²) in [5.41, 5.74) is 0.784. The van der Waals surface area contributed by atoms with Gasteiger partial charge in [-0.1, -0.05) is 18.2 Å². The number of benzene rings is 1. The van der Waals surface area contributed by atoms with Gasteiger partial charge in [-0.25, -0.2) is 12.8 Å². The van der Waals surface area contributed by atoms with Crippen LogP contribution < -0.4 is 0 Å². The number of rotatable bonds is 3. The summed E-state index contributed by atoms with van der Waals surface area (Å²) in [6.45, 7) is 0. The molecular weight excluding hydrogens is 295 g/mol. The molecule has 0 bridgehead atoms. The molecule has 2 heterocycles. The van der Waals surface area contributed by atoms with Crippen LogP contribution in [0.2, 0.25) is 0 Å². The third kappa shape index (κ3) is 2.56. The SMILES string of the molecule is CS(=O)(=O)N1N=C(c2ccco2)CC1c1ccccc1F. The van der Waals surface area contributed by atoms with Crippen LogP contribution in [0.25, 0.3) is 0 Å². The molecule has 1 atom stereocenters. The average molecular weight is 308 g/mol. The minimum atomic E-state index is -3.60.